The highest BCUT2D eigenvalue weighted by Gasteiger charge is 2.13. The molecule has 1 aromatic carbocycles. The Kier molecular flexibility index (Phi) is 2.98. The number of carbonyl (C=O) groups is 1. The van der Waals surface area contributed by atoms with Crippen LogP contribution < -0.4 is 11.1 Å². The lowest BCUT2D eigenvalue weighted by molar-refractivity contribution is 0.102. The van der Waals surface area contributed by atoms with Crippen molar-refractivity contribution in [3.8, 4) is 6.07 Å². The van der Waals surface area contributed by atoms with Crippen molar-refractivity contribution in [2.45, 2.75) is 0 Å². The minimum absolute atomic E-state index is 0.121. The zero-order chi connectivity index (χ0) is 13.1. The molecular formula is C12H9FN4O. The number of rotatable bonds is 2. The summed E-state index contributed by atoms with van der Waals surface area (Å²) >= 11 is 0. The first-order valence-corrected chi connectivity index (χ1v) is 5.05. The topological polar surface area (TPSA) is 94.7 Å². The summed E-state index contributed by atoms with van der Waals surface area (Å²) in [6, 6.07) is 7.16. The van der Waals surface area contributed by atoms with Gasteiger partial charge in [0.25, 0.3) is 5.91 Å². The quantitative estimate of drug-likeness (QED) is 0.752. The fourth-order valence-corrected chi connectivity index (χ4v) is 1.47. The van der Waals surface area contributed by atoms with E-state index in [1.165, 1.54) is 24.4 Å². The number of amides is 1. The van der Waals surface area contributed by atoms with E-state index in [-0.39, 0.29) is 16.9 Å². The Morgan fingerprint density at radius 2 is 2.28 bits per heavy atom. The SMILES string of the molecule is N#Cc1c(F)cccc1NC(=O)c1cc(N)c[nH]1. The van der Waals surface area contributed by atoms with Crippen LogP contribution >= 0.6 is 0 Å². The maximum atomic E-state index is 13.3. The van der Waals surface area contributed by atoms with Gasteiger partial charge in [-0.25, -0.2) is 4.39 Å². The molecule has 0 saturated carbocycles. The van der Waals surface area contributed by atoms with Crippen LogP contribution in [0.15, 0.2) is 30.5 Å². The Hall–Kier alpha value is -2.81. The predicted octanol–water partition coefficient (Wildman–Crippen LogP) is 1.86. The van der Waals surface area contributed by atoms with Crippen LogP contribution in [0.25, 0.3) is 0 Å². The summed E-state index contributed by atoms with van der Waals surface area (Å²) in [4.78, 5) is 14.4. The van der Waals surface area contributed by atoms with Crippen LogP contribution in [0.4, 0.5) is 15.8 Å². The fraction of sp³-hybridized carbons (Fsp3) is 0. The molecule has 0 saturated heterocycles. The second-order valence-corrected chi connectivity index (χ2v) is 3.58. The largest absolute Gasteiger partial charge is 0.397 e. The third-order valence-electron chi connectivity index (χ3n) is 2.32. The summed E-state index contributed by atoms with van der Waals surface area (Å²) in [5, 5.41) is 11.3. The molecule has 1 heterocycles. The van der Waals surface area contributed by atoms with Gasteiger partial charge in [0, 0.05) is 11.9 Å². The number of hydrogen-bond donors (Lipinski definition) is 3. The standard InChI is InChI=1S/C12H9FN4O/c13-9-2-1-3-10(8(9)5-14)17-12(18)11-4-7(15)6-16-11/h1-4,6,16H,15H2,(H,17,18). The number of aromatic amines is 1. The summed E-state index contributed by atoms with van der Waals surface area (Å²) in [6.45, 7) is 0. The van der Waals surface area contributed by atoms with Crippen LogP contribution in [0.2, 0.25) is 0 Å². The first kappa shape index (κ1) is 11.7. The van der Waals surface area contributed by atoms with Crippen molar-refractivity contribution in [1.82, 2.24) is 4.98 Å². The zero-order valence-corrected chi connectivity index (χ0v) is 9.20. The maximum Gasteiger partial charge on any atom is 0.272 e. The molecule has 2 aromatic rings. The van der Waals surface area contributed by atoms with Gasteiger partial charge in [0.1, 0.15) is 23.1 Å². The first-order valence-electron chi connectivity index (χ1n) is 5.05. The highest BCUT2D eigenvalue weighted by atomic mass is 19.1. The third-order valence-corrected chi connectivity index (χ3v) is 2.32. The highest BCUT2D eigenvalue weighted by Crippen LogP contribution is 2.18. The molecule has 0 aliphatic heterocycles. The molecule has 0 spiro atoms. The average molecular weight is 244 g/mol. The Bertz CT molecular complexity index is 642. The number of hydrogen-bond acceptors (Lipinski definition) is 3. The zero-order valence-electron chi connectivity index (χ0n) is 9.20. The van der Waals surface area contributed by atoms with Crippen molar-refractivity contribution in [1.29, 1.82) is 5.26 Å². The minimum Gasteiger partial charge on any atom is -0.397 e. The number of nitrogen functional groups attached to an aromatic ring is 1. The summed E-state index contributed by atoms with van der Waals surface area (Å²) in [7, 11) is 0. The van der Waals surface area contributed by atoms with Crippen LogP contribution in [-0.4, -0.2) is 10.9 Å². The van der Waals surface area contributed by atoms with Gasteiger partial charge in [0.2, 0.25) is 0 Å². The van der Waals surface area contributed by atoms with Gasteiger partial charge in [-0.15, -0.1) is 0 Å². The number of nitriles is 1. The predicted molar refractivity (Wildman–Crippen MR) is 64.3 cm³/mol. The Morgan fingerprint density at radius 1 is 1.50 bits per heavy atom. The number of aromatic nitrogens is 1. The minimum atomic E-state index is -0.679. The van der Waals surface area contributed by atoms with Crippen molar-refractivity contribution < 1.29 is 9.18 Å². The van der Waals surface area contributed by atoms with Gasteiger partial charge in [-0.1, -0.05) is 6.07 Å². The number of nitrogens with zero attached hydrogens (tertiary/aromatic N) is 1. The molecule has 1 amide bonds. The lowest BCUT2D eigenvalue weighted by Gasteiger charge is -2.06. The number of H-pyrrole nitrogens is 1. The molecule has 5 nitrogen and oxygen atoms in total. The number of anilines is 2. The van der Waals surface area contributed by atoms with E-state index in [0.29, 0.717) is 5.69 Å². The van der Waals surface area contributed by atoms with Crippen LogP contribution in [0.5, 0.6) is 0 Å². The number of nitrogens with two attached hydrogens (primary N) is 1. The van der Waals surface area contributed by atoms with Crippen LogP contribution in [0.3, 0.4) is 0 Å². The molecule has 0 aliphatic rings. The molecule has 90 valence electrons. The molecular weight excluding hydrogens is 235 g/mol. The van der Waals surface area contributed by atoms with E-state index < -0.39 is 11.7 Å². The van der Waals surface area contributed by atoms with Crippen LogP contribution in [-0.2, 0) is 0 Å². The van der Waals surface area contributed by atoms with Gasteiger partial charge in [-0.05, 0) is 18.2 Å². The van der Waals surface area contributed by atoms with Crippen molar-refractivity contribution in [2.24, 2.45) is 0 Å². The highest BCUT2D eigenvalue weighted by molar-refractivity contribution is 6.04. The molecule has 0 radical (unpaired) electrons. The van der Waals surface area contributed by atoms with E-state index in [1.807, 2.05) is 0 Å². The fourth-order valence-electron chi connectivity index (χ4n) is 1.47. The van der Waals surface area contributed by atoms with Gasteiger partial charge in [-0.3, -0.25) is 4.79 Å². The van der Waals surface area contributed by atoms with Crippen LogP contribution in [0, 0.1) is 17.1 Å². The molecule has 0 aliphatic carbocycles. The van der Waals surface area contributed by atoms with Crippen molar-refractivity contribution in [3.63, 3.8) is 0 Å². The number of nitrogens with one attached hydrogen (secondary N) is 2. The monoisotopic (exact) mass is 244 g/mol. The van der Waals surface area contributed by atoms with E-state index in [4.69, 9.17) is 11.0 Å². The van der Waals surface area contributed by atoms with Crippen molar-refractivity contribution >= 4 is 17.3 Å². The Morgan fingerprint density at radius 3 is 2.89 bits per heavy atom. The van der Waals surface area contributed by atoms with E-state index >= 15 is 0 Å². The van der Waals surface area contributed by atoms with Gasteiger partial charge in [0.15, 0.2) is 0 Å². The van der Waals surface area contributed by atoms with E-state index in [2.05, 4.69) is 10.3 Å². The number of benzene rings is 1. The van der Waals surface area contributed by atoms with Gasteiger partial charge in [-0.2, -0.15) is 5.26 Å². The van der Waals surface area contributed by atoms with E-state index in [9.17, 15) is 9.18 Å². The first-order chi connectivity index (χ1) is 8.61. The second kappa shape index (κ2) is 4.59. The lowest BCUT2D eigenvalue weighted by atomic mass is 10.2. The van der Waals surface area contributed by atoms with Gasteiger partial charge < -0.3 is 16.0 Å². The number of carbonyl (C=O) groups excluding carboxylic acids is 1. The van der Waals surface area contributed by atoms with Gasteiger partial charge >= 0.3 is 0 Å². The molecule has 0 fully saturated rings. The average Bonchev–Trinajstić information content (AvgIpc) is 2.76. The molecule has 18 heavy (non-hydrogen) atoms. The molecule has 0 atom stereocenters. The summed E-state index contributed by atoms with van der Waals surface area (Å²) < 4.78 is 13.3. The Labute approximate surface area is 102 Å². The summed E-state index contributed by atoms with van der Waals surface area (Å²) in [5.41, 5.74) is 6.04. The van der Waals surface area contributed by atoms with E-state index in [0.717, 1.165) is 6.07 Å². The Balaban J connectivity index is 2.28. The van der Waals surface area contributed by atoms with Crippen molar-refractivity contribution in [3.05, 3.63) is 47.5 Å². The molecule has 2 rings (SSSR count). The third kappa shape index (κ3) is 2.15. The second-order valence-electron chi connectivity index (χ2n) is 3.58. The smallest absolute Gasteiger partial charge is 0.272 e. The summed E-state index contributed by atoms with van der Waals surface area (Å²) in [5.74, 6) is -1.17. The molecule has 1 aromatic heterocycles. The normalized spacial score (nSPS) is 9.78. The maximum absolute atomic E-state index is 13.3. The molecule has 0 bridgehead atoms. The number of halogens is 1. The summed E-state index contributed by atoms with van der Waals surface area (Å²) in [6.07, 6.45) is 1.46. The molecule has 4 N–H and O–H groups in total. The lowest BCUT2D eigenvalue weighted by Crippen LogP contribution is -2.13. The van der Waals surface area contributed by atoms with Crippen molar-refractivity contribution in [2.75, 3.05) is 11.1 Å². The van der Waals surface area contributed by atoms with Gasteiger partial charge in [0.05, 0.1) is 5.69 Å². The molecule has 0 unspecified atom stereocenters. The van der Waals surface area contributed by atoms with E-state index in [1.54, 1.807) is 6.07 Å². The van der Waals surface area contributed by atoms with Crippen LogP contribution in [0.1, 0.15) is 16.1 Å². The molecule has 6 heteroatoms.